The molecule has 7 nitrogen and oxygen atoms in total. The van der Waals surface area contributed by atoms with E-state index in [1.807, 2.05) is 6.07 Å². The zero-order chi connectivity index (χ0) is 13.9. The molecule has 1 saturated heterocycles. The van der Waals surface area contributed by atoms with Crippen molar-refractivity contribution in [3.8, 4) is 0 Å². The predicted molar refractivity (Wildman–Crippen MR) is 77.9 cm³/mol. The lowest BCUT2D eigenvalue weighted by atomic mass is 10.3. The summed E-state index contributed by atoms with van der Waals surface area (Å²) in [4.78, 5) is 20.8. The van der Waals surface area contributed by atoms with Gasteiger partial charge in [-0.2, -0.15) is 4.98 Å². The van der Waals surface area contributed by atoms with Crippen LogP contribution in [0.3, 0.4) is 0 Å². The van der Waals surface area contributed by atoms with Crippen LogP contribution in [0.15, 0.2) is 24.7 Å². The summed E-state index contributed by atoms with van der Waals surface area (Å²) in [7, 11) is 0. The second-order valence-electron chi connectivity index (χ2n) is 4.44. The maximum Gasteiger partial charge on any atom is 0.225 e. The summed E-state index contributed by atoms with van der Waals surface area (Å²) in [6.45, 7) is 3.20. The first-order valence-electron chi connectivity index (χ1n) is 6.29. The quantitative estimate of drug-likeness (QED) is 0.820. The zero-order valence-corrected chi connectivity index (χ0v) is 11.5. The molecule has 20 heavy (non-hydrogen) atoms. The van der Waals surface area contributed by atoms with Crippen molar-refractivity contribution < 1.29 is 0 Å². The number of rotatable bonds is 2. The summed E-state index contributed by atoms with van der Waals surface area (Å²) >= 11 is 5.83. The van der Waals surface area contributed by atoms with Crippen molar-refractivity contribution in [1.82, 2.24) is 19.9 Å². The summed E-state index contributed by atoms with van der Waals surface area (Å²) in [5, 5.41) is 0.211. The molecule has 0 aliphatic carbocycles. The molecule has 1 aliphatic rings. The molecule has 0 atom stereocenters. The fourth-order valence-electron chi connectivity index (χ4n) is 2.19. The Hall–Kier alpha value is -2.15. The van der Waals surface area contributed by atoms with Gasteiger partial charge in [0.25, 0.3) is 0 Å². The lowest BCUT2D eigenvalue weighted by Crippen LogP contribution is -2.47. The van der Waals surface area contributed by atoms with E-state index in [0.29, 0.717) is 11.5 Å². The van der Waals surface area contributed by atoms with Crippen LogP contribution in [-0.2, 0) is 0 Å². The van der Waals surface area contributed by atoms with E-state index < -0.39 is 0 Å². The van der Waals surface area contributed by atoms with Crippen LogP contribution >= 0.6 is 11.6 Å². The molecule has 2 aromatic heterocycles. The summed E-state index contributed by atoms with van der Waals surface area (Å²) < 4.78 is 0. The van der Waals surface area contributed by atoms with E-state index in [1.54, 1.807) is 12.4 Å². The van der Waals surface area contributed by atoms with Crippen LogP contribution < -0.4 is 15.5 Å². The minimum Gasteiger partial charge on any atom is -0.394 e. The first-order chi connectivity index (χ1) is 9.74. The van der Waals surface area contributed by atoms with E-state index in [0.717, 1.165) is 32.1 Å². The SMILES string of the molecule is Nc1cnc(Cl)nc1N1CCN(c2ncccn2)CC1. The number of nitrogen functional groups attached to an aromatic ring is 1. The molecule has 8 heteroatoms. The third-order valence-electron chi connectivity index (χ3n) is 3.18. The van der Waals surface area contributed by atoms with Crippen LogP contribution in [0.4, 0.5) is 17.5 Å². The number of hydrogen-bond acceptors (Lipinski definition) is 7. The molecular weight excluding hydrogens is 278 g/mol. The van der Waals surface area contributed by atoms with Crippen LogP contribution in [0.5, 0.6) is 0 Å². The molecule has 0 unspecified atom stereocenters. The number of hydrogen-bond donors (Lipinski definition) is 1. The van der Waals surface area contributed by atoms with Crippen molar-refractivity contribution in [1.29, 1.82) is 0 Å². The van der Waals surface area contributed by atoms with Crippen LogP contribution in [-0.4, -0.2) is 46.1 Å². The third kappa shape index (κ3) is 2.57. The maximum atomic E-state index is 5.90. The summed E-state index contributed by atoms with van der Waals surface area (Å²) in [6.07, 6.45) is 5.03. The van der Waals surface area contributed by atoms with E-state index in [1.165, 1.54) is 6.20 Å². The molecule has 2 N–H and O–H groups in total. The molecule has 1 fully saturated rings. The van der Waals surface area contributed by atoms with Crippen LogP contribution in [0.25, 0.3) is 0 Å². The average molecular weight is 292 g/mol. The highest BCUT2D eigenvalue weighted by molar-refractivity contribution is 6.28. The van der Waals surface area contributed by atoms with Gasteiger partial charge in [-0.3, -0.25) is 0 Å². The maximum absolute atomic E-state index is 5.90. The fraction of sp³-hybridized carbons (Fsp3) is 0.333. The van der Waals surface area contributed by atoms with Crippen molar-refractivity contribution in [3.63, 3.8) is 0 Å². The number of nitrogens with zero attached hydrogens (tertiary/aromatic N) is 6. The molecule has 3 heterocycles. The minimum absolute atomic E-state index is 0.211. The summed E-state index contributed by atoms with van der Waals surface area (Å²) in [6, 6.07) is 1.81. The number of anilines is 3. The lowest BCUT2D eigenvalue weighted by molar-refractivity contribution is 0.634. The van der Waals surface area contributed by atoms with Crippen LogP contribution in [0, 0.1) is 0 Å². The third-order valence-corrected chi connectivity index (χ3v) is 3.36. The Balaban J connectivity index is 1.71. The van der Waals surface area contributed by atoms with E-state index in [9.17, 15) is 0 Å². The molecule has 2 aromatic rings. The van der Waals surface area contributed by atoms with Crippen molar-refractivity contribution in [2.24, 2.45) is 0 Å². The molecule has 0 radical (unpaired) electrons. The second-order valence-corrected chi connectivity index (χ2v) is 4.78. The van der Waals surface area contributed by atoms with Crippen LogP contribution in [0.2, 0.25) is 5.28 Å². The minimum atomic E-state index is 0.211. The lowest BCUT2D eigenvalue weighted by Gasteiger charge is -2.35. The summed E-state index contributed by atoms with van der Waals surface area (Å²) in [5.74, 6) is 1.44. The highest BCUT2D eigenvalue weighted by atomic mass is 35.5. The number of nitrogens with two attached hydrogens (primary N) is 1. The van der Waals surface area contributed by atoms with Gasteiger partial charge in [0.1, 0.15) is 0 Å². The molecule has 104 valence electrons. The molecule has 0 spiro atoms. The molecule has 0 aromatic carbocycles. The molecule has 3 rings (SSSR count). The smallest absolute Gasteiger partial charge is 0.225 e. The highest BCUT2D eigenvalue weighted by Crippen LogP contribution is 2.22. The molecule has 0 saturated carbocycles. The topological polar surface area (TPSA) is 84.1 Å². The van der Waals surface area contributed by atoms with Gasteiger partial charge >= 0.3 is 0 Å². The monoisotopic (exact) mass is 291 g/mol. The summed E-state index contributed by atoms with van der Waals surface area (Å²) in [5.41, 5.74) is 6.44. The second kappa shape index (κ2) is 5.46. The number of piperazine rings is 1. The Bertz CT molecular complexity index is 584. The van der Waals surface area contributed by atoms with Crippen molar-refractivity contribution in [2.45, 2.75) is 0 Å². The van der Waals surface area contributed by atoms with Gasteiger partial charge in [-0.25, -0.2) is 15.0 Å². The van der Waals surface area contributed by atoms with Gasteiger partial charge < -0.3 is 15.5 Å². The standard InChI is InChI=1S/C12H14ClN7/c13-11-17-8-9(14)10(18-11)19-4-6-20(7-5-19)12-15-2-1-3-16-12/h1-3,8H,4-7,14H2. The van der Waals surface area contributed by atoms with Gasteiger partial charge in [-0.05, 0) is 17.7 Å². The Labute approximate surface area is 121 Å². The van der Waals surface area contributed by atoms with E-state index in [2.05, 4.69) is 29.7 Å². The highest BCUT2D eigenvalue weighted by Gasteiger charge is 2.21. The zero-order valence-electron chi connectivity index (χ0n) is 10.8. The van der Waals surface area contributed by atoms with Crippen molar-refractivity contribution in [2.75, 3.05) is 41.7 Å². The fourth-order valence-corrected chi connectivity index (χ4v) is 2.32. The van der Waals surface area contributed by atoms with Gasteiger partial charge in [0, 0.05) is 38.6 Å². The van der Waals surface area contributed by atoms with Gasteiger partial charge in [0.15, 0.2) is 5.82 Å². The Morgan fingerprint density at radius 2 is 1.65 bits per heavy atom. The van der Waals surface area contributed by atoms with Gasteiger partial charge in [0.05, 0.1) is 11.9 Å². The van der Waals surface area contributed by atoms with Gasteiger partial charge in [0.2, 0.25) is 11.2 Å². The Kier molecular flexibility index (Phi) is 3.51. The van der Waals surface area contributed by atoms with Gasteiger partial charge in [-0.1, -0.05) is 0 Å². The van der Waals surface area contributed by atoms with Crippen molar-refractivity contribution in [3.05, 3.63) is 29.9 Å². The number of halogens is 1. The predicted octanol–water partition coefficient (Wildman–Crippen LogP) is 0.829. The van der Waals surface area contributed by atoms with E-state index in [-0.39, 0.29) is 5.28 Å². The van der Waals surface area contributed by atoms with Crippen LogP contribution in [0.1, 0.15) is 0 Å². The molecular formula is C12H14ClN7. The first kappa shape index (κ1) is 12.9. The van der Waals surface area contributed by atoms with E-state index >= 15 is 0 Å². The van der Waals surface area contributed by atoms with E-state index in [4.69, 9.17) is 17.3 Å². The first-order valence-corrected chi connectivity index (χ1v) is 6.67. The molecule has 1 aliphatic heterocycles. The van der Waals surface area contributed by atoms with Crippen molar-refractivity contribution >= 4 is 29.1 Å². The molecule has 0 amide bonds. The number of aromatic nitrogens is 4. The normalized spacial score (nSPS) is 15.4. The average Bonchev–Trinajstić information content (AvgIpc) is 2.51. The molecule has 0 bridgehead atoms. The Morgan fingerprint density at radius 1 is 1.00 bits per heavy atom. The largest absolute Gasteiger partial charge is 0.394 e. The van der Waals surface area contributed by atoms with Gasteiger partial charge in [-0.15, -0.1) is 0 Å². The Morgan fingerprint density at radius 3 is 2.35 bits per heavy atom.